The molecule has 0 bridgehead atoms. The second kappa shape index (κ2) is 10.6. The average molecular weight is 318 g/mol. The molecular formula is C18H26N2O3. The first-order chi connectivity index (χ1) is 11.1. The van der Waals surface area contributed by atoms with Crippen LogP contribution in [-0.4, -0.2) is 30.0 Å². The standard InChI is InChI=1S/C18H26N2O3/c1-4-5-11-17(18(22)19-12-15(2)3)20(14-21)23-13-16-9-7-6-8-10-16/h4,6-10,14-15,17H,1,5,11-13H2,2-3H3,(H,19,22)/t17-/m1/s1. The first-order valence-electron chi connectivity index (χ1n) is 7.87. The Morgan fingerprint density at radius 1 is 1.35 bits per heavy atom. The van der Waals surface area contributed by atoms with E-state index in [2.05, 4.69) is 11.9 Å². The third-order valence-corrected chi connectivity index (χ3v) is 3.27. The van der Waals surface area contributed by atoms with Crippen molar-refractivity contribution in [2.24, 2.45) is 5.92 Å². The van der Waals surface area contributed by atoms with Gasteiger partial charge >= 0.3 is 0 Å². The minimum Gasteiger partial charge on any atom is -0.354 e. The van der Waals surface area contributed by atoms with E-state index in [1.54, 1.807) is 6.08 Å². The summed E-state index contributed by atoms with van der Waals surface area (Å²) in [5.41, 5.74) is 0.935. The van der Waals surface area contributed by atoms with E-state index in [0.29, 0.717) is 31.7 Å². The second-order valence-corrected chi connectivity index (χ2v) is 5.75. The molecule has 0 saturated carbocycles. The Morgan fingerprint density at radius 2 is 2.04 bits per heavy atom. The molecule has 1 atom stereocenters. The van der Waals surface area contributed by atoms with E-state index < -0.39 is 6.04 Å². The maximum Gasteiger partial charge on any atom is 0.245 e. The van der Waals surface area contributed by atoms with Gasteiger partial charge in [0.1, 0.15) is 12.6 Å². The number of rotatable bonds is 11. The van der Waals surface area contributed by atoms with Gasteiger partial charge in [0, 0.05) is 6.54 Å². The highest BCUT2D eigenvalue weighted by Gasteiger charge is 2.25. The molecule has 126 valence electrons. The highest BCUT2D eigenvalue weighted by Crippen LogP contribution is 2.10. The molecule has 0 fully saturated rings. The lowest BCUT2D eigenvalue weighted by atomic mass is 10.1. The summed E-state index contributed by atoms with van der Waals surface area (Å²) in [4.78, 5) is 29.2. The summed E-state index contributed by atoms with van der Waals surface area (Å²) in [5, 5.41) is 3.95. The van der Waals surface area contributed by atoms with Gasteiger partial charge in [-0.25, -0.2) is 5.06 Å². The van der Waals surface area contributed by atoms with Crippen LogP contribution >= 0.6 is 0 Å². The Kier molecular flexibility index (Phi) is 8.68. The quantitative estimate of drug-likeness (QED) is 0.388. The number of amides is 2. The SMILES string of the molecule is C=CCC[C@H](C(=O)NCC(C)C)N(C=O)OCc1ccccc1. The van der Waals surface area contributed by atoms with Crippen molar-refractivity contribution in [1.29, 1.82) is 0 Å². The predicted octanol–water partition coefficient (Wildman–Crippen LogP) is 2.68. The zero-order valence-electron chi connectivity index (χ0n) is 13.9. The maximum absolute atomic E-state index is 12.3. The molecule has 0 aliphatic rings. The first kappa shape index (κ1) is 18.9. The van der Waals surface area contributed by atoms with E-state index in [-0.39, 0.29) is 12.5 Å². The van der Waals surface area contributed by atoms with Crippen molar-refractivity contribution in [3.05, 3.63) is 48.6 Å². The molecule has 0 heterocycles. The normalized spacial score (nSPS) is 11.8. The fraction of sp³-hybridized carbons (Fsp3) is 0.444. The number of carbonyl (C=O) groups is 2. The summed E-state index contributed by atoms with van der Waals surface area (Å²) < 4.78 is 0. The predicted molar refractivity (Wildman–Crippen MR) is 90.2 cm³/mol. The van der Waals surface area contributed by atoms with Crippen molar-refractivity contribution in [3.8, 4) is 0 Å². The van der Waals surface area contributed by atoms with Crippen LogP contribution in [0.15, 0.2) is 43.0 Å². The lowest BCUT2D eigenvalue weighted by Gasteiger charge is -2.26. The van der Waals surface area contributed by atoms with Crippen LogP contribution in [-0.2, 0) is 21.0 Å². The number of nitrogens with zero attached hydrogens (tertiary/aromatic N) is 1. The van der Waals surface area contributed by atoms with E-state index in [1.165, 1.54) is 0 Å². The van der Waals surface area contributed by atoms with Gasteiger partial charge in [0.2, 0.25) is 12.3 Å². The van der Waals surface area contributed by atoms with Crippen LogP contribution in [0.5, 0.6) is 0 Å². The Morgan fingerprint density at radius 3 is 2.61 bits per heavy atom. The Balaban J connectivity index is 2.69. The fourth-order valence-electron chi connectivity index (χ4n) is 1.99. The molecule has 0 unspecified atom stereocenters. The molecule has 1 aromatic rings. The highest BCUT2D eigenvalue weighted by molar-refractivity contribution is 5.83. The van der Waals surface area contributed by atoms with Gasteiger partial charge in [0.05, 0.1) is 0 Å². The number of allylic oxidation sites excluding steroid dienone is 1. The summed E-state index contributed by atoms with van der Waals surface area (Å²) in [7, 11) is 0. The van der Waals surface area contributed by atoms with Gasteiger partial charge in [-0.05, 0) is 24.3 Å². The van der Waals surface area contributed by atoms with Crippen LogP contribution < -0.4 is 5.32 Å². The molecule has 23 heavy (non-hydrogen) atoms. The number of hydrogen-bond acceptors (Lipinski definition) is 3. The summed E-state index contributed by atoms with van der Waals surface area (Å²) in [6, 6.07) is 8.85. The van der Waals surface area contributed by atoms with Crippen molar-refractivity contribution in [2.75, 3.05) is 6.54 Å². The van der Waals surface area contributed by atoms with Crippen molar-refractivity contribution in [2.45, 2.75) is 39.3 Å². The van der Waals surface area contributed by atoms with Crippen LogP contribution in [0.25, 0.3) is 0 Å². The number of carbonyl (C=O) groups excluding carboxylic acids is 2. The van der Waals surface area contributed by atoms with Gasteiger partial charge in [-0.15, -0.1) is 6.58 Å². The third-order valence-electron chi connectivity index (χ3n) is 3.27. The fourth-order valence-corrected chi connectivity index (χ4v) is 1.99. The number of benzene rings is 1. The molecule has 0 radical (unpaired) electrons. The maximum atomic E-state index is 12.3. The Bertz CT molecular complexity index is 488. The molecular weight excluding hydrogens is 292 g/mol. The summed E-state index contributed by atoms with van der Waals surface area (Å²) >= 11 is 0. The summed E-state index contributed by atoms with van der Waals surface area (Å²) in [5.74, 6) is 0.134. The molecule has 2 amide bonds. The zero-order chi connectivity index (χ0) is 17.1. The van der Waals surface area contributed by atoms with Crippen molar-refractivity contribution < 1.29 is 14.4 Å². The van der Waals surface area contributed by atoms with Gasteiger partial charge in [-0.2, -0.15) is 0 Å². The molecule has 0 aliphatic carbocycles. The molecule has 1 rings (SSSR count). The third kappa shape index (κ3) is 7.10. The molecule has 1 N–H and O–H groups in total. The van der Waals surface area contributed by atoms with Gasteiger partial charge < -0.3 is 5.32 Å². The molecule has 0 aromatic heterocycles. The number of hydroxylamine groups is 2. The van der Waals surface area contributed by atoms with E-state index in [0.717, 1.165) is 10.6 Å². The summed E-state index contributed by atoms with van der Waals surface area (Å²) in [6.07, 6.45) is 3.38. The monoisotopic (exact) mass is 318 g/mol. The molecule has 5 nitrogen and oxygen atoms in total. The average Bonchev–Trinajstić information content (AvgIpc) is 2.56. The molecule has 0 saturated heterocycles. The number of nitrogens with one attached hydrogen (secondary N) is 1. The lowest BCUT2D eigenvalue weighted by Crippen LogP contribution is -2.47. The molecule has 5 heteroatoms. The molecule has 0 aliphatic heterocycles. The largest absolute Gasteiger partial charge is 0.354 e. The second-order valence-electron chi connectivity index (χ2n) is 5.75. The van der Waals surface area contributed by atoms with Crippen LogP contribution in [0.2, 0.25) is 0 Å². The van der Waals surface area contributed by atoms with Crippen molar-refractivity contribution in [3.63, 3.8) is 0 Å². The van der Waals surface area contributed by atoms with Gasteiger partial charge in [-0.1, -0.05) is 50.3 Å². The van der Waals surface area contributed by atoms with Crippen LogP contribution in [0, 0.1) is 5.92 Å². The van der Waals surface area contributed by atoms with E-state index in [9.17, 15) is 9.59 Å². The van der Waals surface area contributed by atoms with Crippen LogP contribution in [0.4, 0.5) is 0 Å². The van der Waals surface area contributed by atoms with Gasteiger partial charge in [0.15, 0.2) is 0 Å². The smallest absolute Gasteiger partial charge is 0.245 e. The molecule has 1 aromatic carbocycles. The summed E-state index contributed by atoms with van der Waals surface area (Å²) in [6.45, 7) is 8.50. The van der Waals surface area contributed by atoms with Crippen molar-refractivity contribution in [1.82, 2.24) is 10.4 Å². The highest BCUT2D eigenvalue weighted by atomic mass is 16.7. The lowest BCUT2D eigenvalue weighted by molar-refractivity contribution is -0.195. The minimum atomic E-state index is -0.659. The van der Waals surface area contributed by atoms with Gasteiger partial charge in [0.25, 0.3) is 0 Å². The van der Waals surface area contributed by atoms with Crippen LogP contribution in [0.1, 0.15) is 32.3 Å². The number of hydrogen-bond donors (Lipinski definition) is 1. The van der Waals surface area contributed by atoms with Crippen molar-refractivity contribution >= 4 is 12.3 Å². The minimum absolute atomic E-state index is 0.208. The Hall–Kier alpha value is -2.14. The van der Waals surface area contributed by atoms with E-state index in [4.69, 9.17) is 4.84 Å². The Labute approximate surface area is 138 Å². The topological polar surface area (TPSA) is 58.6 Å². The first-order valence-corrected chi connectivity index (χ1v) is 7.87. The van der Waals surface area contributed by atoms with Crippen LogP contribution in [0.3, 0.4) is 0 Å². The van der Waals surface area contributed by atoms with E-state index >= 15 is 0 Å². The van der Waals surface area contributed by atoms with E-state index in [1.807, 2.05) is 44.2 Å². The molecule has 0 spiro atoms. The van der Waals surface area contributed by atoms with Gasteiger partial charge in [-0.3, -0.25) is 14.4 Å². The zero-order valence-corrected chi connectivity index (χ0v) is 13.9.